The number of nitrogens with one attached hydrogen (secondary N) is 2. The molecule has 4 aliphatic rings. The quantitative estimate of drug-likeness (QED) is 0.495. The summed E-state index contributed by atoms with van der Waals surface area (Å²) in [6.07, 6.45) is 2.55. The maximum Gasteiger partial charge on any atom is 0.191 e. The first kappa shape index (κ1) is 21.4. The summed E-state index contributed by atoms with van der Waals surface area (Å²) in [7, 11) is 1.74. The Hall–Kier alpha value is -1.83. The number of hydrogen-bond acceptors (Lipinski definition) is 5. The molecule has 2 atom stereocenters. The van der Waals surface area contributed by atoms with Gasteiger partial charge in [0, 0.05) is 51.9 Å². The van der Waals surface area contributed by atoms with Crippen molar-refractivity contribution in [3.05, 3.63) is 29.8 Å². The monoisotopic (exact) mass is 414 g/mol. The van der Waals surface area contributed by atoms with Crippen LogP contribution in [0.15, 0.2) is 29.3 Å². The van der Waals surface area contributed by atoms with Crippen molar-refractivity contribution >= 4 is 5.96 Å². The molecular weight excluding hydrogens is 376 g/mol. The van der Waals surface area contributed by atoms with Gasteiger partial charge in [0.1, 0.15) is 5.75 Å². The molecule has 4 aliphatic heterocycles. The molecule has 5 rings (SSSR count). The van der Waals surface area contributed by atoms with Gasteiger partial charge in [0.25, 0.3) is 0 Å². The third kappa shape index (κ3) is 5.25. The molecule has 0 saturated carbocycles. The lowest BCUT2D eigenvalue weighted by Gasteiger charge is -2.47. The number of ether oxygens (including phenoxy) is 1. The molecule has 0 spiro atoms. The zero-order chi connectivity index (χ0) is 20.8. The fraction of sp³-hybridized carbons (Fsp3) is 0.696. The number of hydrogen-bond donors (Lipinski definition) is 2. The van der Waals surface area contributed by atoms with Gasteiger partial charge in [-0.1, -0.05) is 12.1 Å². The molecule has 1 aromatic carbocycles. The topological polar surface area (TPSA) is 55.4 Å². The molecular formula is C23H38N6O. The van der Waals surface area contributed by atoms with E-state index in [-0.39, 0.29) is 0 Å². The number of fused-ring (bicyclic) bond motifs is 3. The van der Waals surface area contributed by atoms with Crippen molar-refractivity contribution in [2.45, 2.75) is 31.8 Å². The van der Waals surface area contributed by atoms with Gasteiger partial charge in [-0.15, -0.1) is 0 Å². The second-order valence-corrected chi connectivity index (χ2v) is 8.63. The van der Waals surface area contributed by atoms with E-state index in [0.717, 1.165) is 44.4 Å². The van der Waals surface area contributed by atoms with Crippen LogP contribution in [0.4, 0.5) is 0 Å². The summed E-state index contributed by atoms with van der Waals surface area (Å²) in [4.78, 5) is 12.8. The average Bonchev–Trinajstić information content (AvgIpc) is 3.33. The van der Waals surface area contributed by atoms with Crippen LogP contribution < -0.4 is 15.4 Å². The third-order valence-electron chi connectivity index (χ3n) is 6.72. The van der Waals surface area contributed by atoms with Crippen molar-refractivity contribution < 1.29 is 4.74 Å². The number of methoxy groups -OCH3 is 1. The largest absolute Gasteiger partial charge is 0.497 e. The van der Waals surface area contributed by atoms with Gasteiger partial charge in [-0.2, -0.15) is 0 Å². The van der Waals surface area contributed by atoms with E-state index in [9.17, 15) is 0 Å². The normalized spacial score (nSPS) is 27.8. The highest BCUT2D eigenvalue weighted by Gasteiger charge is 2.31. The molecule has 0 radical (unpaired) electrons. The molecule has 4 saturated heterocycles. The van der Waals surface area contributed by atoms with Crippen LogP contribution in [0, 0.1) is 0 Å². The Morgan fingerprint density at radius 2 is 1.93 bits per heavy atom. The van der Waals surface area contributed by atoms with Gasteiger partial charge in [0.15, 0.2) is 5.96 Å². The van der Waals surface area contributed by atoms with E-state index in [1.165, 1.54) is 51.1 Å². The second kappa shape index (κ2) is 10.5. The van der Waals surface area contributed by atoms with Gasteiger partial charge in [0.2, 0.25) is 0 Å². The molecule has 4 fully saturated rings. The van der Waals surface area contributed by atoms with Gasteiger partial charge < -0.3 is 15.4 Å². The molecule has 30 heavy (non-hydrogen) atoms. The Morgan fingerprint density at radius 1 is 1.13 bits per heavy atom. The van der Waals surface area contributed by atoms with Gasteiger partial charge in [-0.25, -0.2) is 0 Å². The zero-order valence-corrected chi connectivity index (χ0v) is 18.6. The summed E-state index contributed by atoms with van der Waals surface area (Å²) in [5.41, 5.74) is 1.29. The van der Waals surface area contributed by atoms with Crippen LogP contribution >= 0.6 is 0 Å². The Labute approximate surface area is 181 Å². The van der Waals surface area contributed by atoms with E-state index >= 15 is 0 Å². The molecule has 7 nitrogen and oxygen atoms in total. The highest BCUT2D eigenvalue weighted by Crippen LogP contribution is 2.28. The van der Waals surface area contributed by atoms with Crippen molar-refractivity contribution in [3.8, 4) is 5.75 Å². The lowest BCUT2D eigenvalue weighted by Crippen LogP contribution is -2.63. The number of benzene rings is 1. The highest BCUT2D eigenvalue weighted by atomic mass is 16.5. The van der Waals surface area contributed by atoms with Gasteiger partial charge in [-0.3, -0.25) is 19.7 Å². The van der Waals surface area contributed by atoms with Gasteiger partial charge >= 0.3 is 0 Å². The molecule has 1 aromatic rings. The predicted molar refractivity (Wildman–Crippen MR) is 122 cm³/mol. The summed E-state index contributed by atoms with van der Waals surface area (Å²) < 4.78 is 5.47. The molecule has 166 valence electrons. The lowest BCUT2D eigenvalue weighted by atomic mass is 10.1. The number of rotatable bonds is 8. The summed E-state index contributed by atoms with van der Waals surface area (Å²) >= 11 is 0. The van der Waals surface area contributed by atoms with E-state index in [0.29, 0.717) is 12.1 Å². The number of likely N-dealkylation sites (tertiary alicyclic amines) is 1. The van der Waals surface area contributed by atoms with E-state index in [4.69, 9.17) is 9.73 Å². The molecule has 2 N–H and O–H groups in total. The van der Waals surface area contributed by atoms with E-state index in [2.05, 4.69) is 50.5 Å². The lowest BCUT2D eigenvalue weighted by molar-refractivity contribution is 0.0154. The van der Waals surface area contributed by atoms with Crippen molar-refractivity contribution in [3.63, 3.8) is 0 Å². The zero-order valence-electron chi connectivity index (χ0n) is 18.6. The second-order valence-electron chi connectivity index (χ2n) is 8.63. The summed E-state index contributed by atoms with van der Waals surface area (Å²) in [5, 5.41) is 7.07. The number of aliphatic imine (C=N–C) groups is 1. The standard InChI is InChI=1S/C23H38N6O/c1-3-24-23(25-16-20-18-27-11-13-28(20)14-12-27)26-17-22(29-9-4-5-10-29)19-7-6-8-21(15-19)30-2/h6-8,15,20,22H,3-5,9-14,16-18H2,1-2H3,(H2,24,25,26). The number of piperazine rings is 3. The van der Waals surface area contributed by atoms with E-state index in [1.54, 1.807) is 7.11 Å². The molecule has 4 heterocycles. The molecule has 0 aromatic heterocycles. The van der Waals surface area contributed by atoms with Gasteiger partial charge in [-0.05, 0) is 50.6 Å². The summed E-state index contributed by atoms with van der Waals surface area (Å²) in [6.45, 7) is 13.0. The third-order valence-corrected chi connectivity index (χ3v) is 6.72. The molecule has 7 heteroatoms. The van der Waals surface area contributed by atoms with Crippen LogP contribution in [-0.4, -0.2) is 99.3 Å². The smallest absolute Gasteiger partial charge is 0.191 e. The SMILES string of the molecule is CCNC(=NCC(c1cccc(OC)c1)N1CCCC1)NCC1CN2CCN1CC2. The number of guanidine groups is 1. The minimum absolute atomic E-state index is 0.290. The minimum atomic E-state index is 0.290. The Balaban J connectivity index is 1.42. The first-order chi connectivity index (χ1) is 14.8. The fourth-order valence-electron chi connectivity index (χ4n) is 4.99. The Morgan fingerprint density at radius 3 is 2.60 bits per heavy atom. The Kier molecular flexibility index (Phi) is 7.47. The van der Waals surface area contributed by atoms with Crippen LogP contribution in [-0.2, 0) is 0 Å². The molecule has 0 amide bonds. The van der Waals surface area contributed by atoms with E-state index in [1.807, 2.05) is 6.07 Å². The van der Waals surface area contributed by atoms with Crippen molar-refractivity contribution in [1.82, 2.24) is 25.3 Å². The summed E-state index contributed by atoms with van der Waals surface area (Å²) in [5.74, 6) is 1.85. The highest BCUT2D eigenvalue weighted by molar-refractivity contribution is 5.79. The maximum absolute atomic E-state index is 5.47. The van der Waals surface area contributed by atoms with Gasteiger partial charge in [0.05, 0.1) is 19.7 Å². The van der Waals surface area contributed by atoms with Crippen molar-refractivity contribution in [2.24, 2.45) is 4.99 Å². The molecule has 0 aliphatic carbocycles. The summed E-state index contributed by atoms with van der Waals surface area (Å²) in [6, 6.07) is 9.36. The van der Waals surface area contributed by atoms with Crippen LogP contribution in [0.25, 0.3) is 0 Å². The van der Waals surface area contributed by atoms with E-state index < -0.39 is 0 Å². The fourth-order valence-corrected chi connectivity index (χ4v) is 4.99. The average molecular weight is 415 g/mol. The first-order valence-electron chi connectivity index (χ1n) is 11.6. The molecule has 2 bridgehead atoms. The van der Waals surface area contributed by atoms with Crippen molar-refractivity contribution in [1.29, 1.82) is 0 Å². The Bertz CT molecular complexity index is 697. The minimum Gasteiger partial charge on any atom is -0.497 e. The first-order valence-corrected chi connectivity index (χ1v) is 11.6. The van der Waals surface area contributed by atoms with Crippen LogP contribution in [0.2, 0.25) is 0 Å². The number of nitrogens with zero attached hydrogens (tertiary/aromatic N) is 4. The van der Waals surface area contributed by atoms with Crippen molar-refractivity contribution in [2.75, 3.05) is 72.6 Å². The molecule has 2 unspecified atom stereocenters. The van der Waals surface area contributed by atoms with Crippen LogP contribution in [0.3, 0.4) is 0 Å². The van der Waals surface area contributed by atoms with Crippen LogP contribution in [0.1, 0.15) is 31.4 Å². The maximum atomic E-state index is 5.47. The predicted octanol–water partition coefficient (Wildman–Crippen LogP) is 1.39. The van der Waals surface area contributed by atoms with Crippen LogP contribution in [0.5, 0.6) is 5.75 Å².